The number of hydrogen-bond donors (Lipinski definition) is 1. The van der Waals surface area contributed by atoms with Gasteiger partial charge in [-0.15, -0.1) is 0 Å². The largest absolute Gasteiger partial charge is 0.468 e. The average Bonchev–Trinajstić information content (AvgIpc) is 2.52. The summed E-state index contributed by atoms with van der Waals surface area (Å²) in [6.07, 6.45) is 0. The molecule has 0 aliphatic heterocycles. The summed E-state index contributed by atoms with van der Waals surface area (Å²) in [4.78, 5) is 11.7. The molecule has 8 heteroatoms. The van der Waals surface area contributed by atoms with Gasteiger partial charge in [0, 0.05) is 10.2 Å². The van der Waals surface area contributed by atoms with Crippen LogP contribution < -0.4 is 10.0 Å². The number of halogens is 1. The van der Waals surface area contributed by atoms with Crippen LogP contribution in [-0.4, -0.2) is 28.0 Å². The molecule has 6 nitrogen and oxygen atoms in total. The first-order valence-corrected chi connectivity index (χ1v) is 8.78. The molecule has 23 heavy (non-hydrogen) atoms. The first-order chi connectivity index (χ1) is 10.8. The summed E-state index contributed by atoms with van der Waals surface area (Å²) in [5, 5.41) is 0. The van der Waals surface area contributed by atoms with Gasteiger partial charge in [0.05, 0.1) is 17.7 Å². The second-order valence-corrected chi connectivity index (χ2v) is 7.41. The minimum Gasteiger partial charge on any atom is -0.468 e. The normalized spacial score (nSPS) is 11.0. The maximum atomic E-state index is 12.9. The second kappa shape index (κ2) is 7.01. The molecule has 0 bridgehead atoms. The van der Waals surface area contributed by atoms with E-state index in [4.69, 9.17) is 5.73 Å². The van der Waals surface area contributed by atoms with Crippen LogP contribution in [0.1, 0.15) is 0 Å². The molecule has 0 atom stereocenters. The first-order valence-electron chi connectivity index (χ1n) is 6.55. The zero-order valence-corrected chi connectivity index (χ0v) is 14.7. The predicted molar refractivity (Wildman–Crippen MR) is 91.5 cm³/mol. The Kier molecular flexibility index (Phi) is 5.27. The summed E-state index contributed by atoms with van der Waals surface area (Å²) in [6, 6.07) is 12.4. The van der Waals surface area contributed by atoms with E-state index >= 15 is 0 Å². The Morgan fingerprint density at radius 3 is 2.43 bits per heavy atom. The Hall–Kier alpha value is -2.06. The number of nitrogens with zero attached hydrogens (tertiary/aromatic N) is 1. The topological polar surface area (TPSA) is 89.7 Å². The number of sulfonamides is 1. The lowest BCUT2D eigenvalue weighted by atomic mass is 10.3. The number of ether oxygens (including phenoxy) is 1. The van der Waals surface area contributed by atoms with Gasteiger partial charge in [-0.05, 0) is 42.5 Å². The molecule has 0 saturated carbocycles. The molecule has 0 aliphatic rings. The number of carbonyl (C=O) groups is 1. The van der Waals surface area contributed by atoms with Crippen LogP contribution in [0.4, 0.5) is 11.4 Å². The third-order valence-electron chi connectivity index (χ3n) is 3.06. The monoisotopic (exact) mass is 398 g/mol. The number of esters is 1. The highest BCUT2D eigenvalue weighted by molar-refractivity contribution is 9.10. The molecule has 2 aromatic rings. The molecule has 0 unspecified atom stereocenters. The Bertz CT molecular complexity index is 806. The minimum atomic E-state index is -3.94. The highest BCUT2D eigenvalue weighted by atomic mass is 79.9. The van der Waals surface area contributed by atoms with E-state index in [0.717, 1.165) is 4.31 Å². The highest BCUT2D eigenvalue weighted by Crippen LogP contribution is 2.26. The lowest BCUT2D eigenvalue weighted by molar-refractivity contribution is -0.138. The molecule has 2 rings (SSSR count). The van der Waals surface area contributed by atoms with Gasteiger partial charge in [0.25, 0.3) is 10.0 Å². The van der Waals surface area contributed by atoms with Crippen LogP contribution in [0, 0.1) is 0 Å². The fraction of sp³-hybridized carbons (Fsp3) is 0.133. The van der Waals surface area contributed by atoms with Gasteiger partial charge in [-0.25, -0.2) is 8.42 Å². The van der Waals surface area contributed by atoms with E-state index in [1.165, 1.54) is 31.4 Å². The third-order valence-corrected chi connectivity index (χ3v) is 5.35. The van der Waals surface area contributed by atoms with Crippen molar-refractivity contribution in [2.45, 2.75) is 4.90 Å². The number of methoxy groups -OCH3 is 1. The molecule has 0 heterocycles. The molecular weight excluding hydrogens is 384 g/mol. The van der Waals surface area contributed by atoms with Gasteiger partial charge in [-0.3, -0.25) is 9.10 Å². The van der Waals surface area contributed by atoms with Gasteiger partial charge in [-0.2, -0.15) is 0 Å². The molecule has 122 valence electrons. The summed E-state index contributed by atoms with van der Waals surface area (Å²) < 4.78 is 32.0. The van der Waals surface area contributed by atoms with Crippen molar-refractivity contribution in [2.75, 3.05) is 23.7 Å². The molecule has 0 aromatic heterocycles. The Balaban J connectivity index is 2.51. The third kappa shape index (κ3) is 4.02. The van der Waals surface area contributed by atoms with E-state index in [1.54, 1.807) is 24.3 Å². The Labute approximate surface area is 143 Å². The van der Waals surface area contributed by atoms with Crippen molar-refractivity contribution in [3.05, 3.63) is 53.0 Å². The second-order valence-electron chi connectivity index (χ2n) is 4.64. The van der Waals surface area contributed by atoms with E-state index in [2.05, 4.69) is 20.7 Å². The van der Waals surface area contributed by atoms with Crippen molar-refractivity contribution in [3.8, 4) is 0 Å². The van der Waals surface area contributed by atoms with Crippen LogP contribution in [0.3, 0.4) is 0 Å². The number of carbonyl (C=O) groups excluding carboxylic acids is 1. The number of anilines is 2. The number of nitrogen functional groups attached to an aromatic ring is 1. The molecule has 2 aromatic carbocycles. The summed E-state index contributed by atoms with van der Waals surface area (Å²) >= 11 is 3.29. The van der Waals surface area contributed by atoms with Gasteiger partial charge in [0.2, 0.25) is 0 Å². The SMILES string of the molecule is COC(=O)CN(c1cccc(Br)c1)S(=O)(=O)c1ccc(N)cc1. The first kappa shape index (κ1) is 17.3. The fourth-order valence-electron chi connectivity index (χ4n) is 1.90. The van der Waals surface area contributed by atoms with Crippen LogP contribution in [0.5, 0.6) is 0 Å². The van der Waals surface area contributed by atoms with Gasteiger partial charge >= 0.3 is 5.97 Å². The van der Waals surface area contributed by atoms with E-state index < -0.39 is 22.5 Å². The van der Waals surface area contributed by atoms with Gasteiger partial charge in [0.1, 0.15) is 6.54 Å². The molecule has 0 spiro atoms. The van der Waals surface area contributed by atoms with Crippen molar-refractivity contribution >= 4 is 43.3 Å². The Morgan fingerprint density at radius 2 is 1.87 bits per heavy atom. The van der Waals surface area contributed by atoms with Crippen LogP contribution in [0.2, 0.25) is 0 Å². The summed E-state index contributed by atoms with van der Waals surface area (Å²) in [5.74, 6) is -0.663. The van der Waals surface area contributed by atoms with Gasteiger partial charge in [-0.1, -0.05) is 22.0 Å². The smallest absolute Gasteiger partial charge is 0.326 e. The lowest BCUT2D eigenvalue weighted by Crippen LogP contribution is -2.36. The molecular formula is C15H15BrN2O4S. The number of hydrogen-bond acceptors (Lipinski definition) is 5. The molecule has 0 saturated heterocycles. The maximum Gasteiger partial charge on any atom is 0.326 e. The van der Waals surface area contributed by atoms with Crippen molar-refractivity contribution in [1.82, 2.24) is 0 Å². The minimum absolute atomic E-state index is 0.0376. The molecule has 0 fully saturated rings. The number of rotatable bonds is 5. The summed E-state index contributed by atoms with van der Waals surface area (Å²) in [6.45, 7) is -0.431. The van der Waals surface area contributed by atoms with Crippen molar-refractivity contribution in [3.63, 3.8) is 0 Å². The van der Waals surface area contributed by atoms with Crippen molar-refractivity contribution in [2.24, 2.45) is 0 Å². The highest BCUT2D eigenvalue weighted by Gasteiger charge is 2.27. The Morgan fingerprint density at radius 1 is 1.22 bits per heavy atom. The number of nitrogens with two attached hydrogens (primary N) is 1. The maximum absolute atomic E-state index is 12.9. The molecule has 2 N–H and O–H groups in total. The van der Waals surface area contributed by atoms with E-state index in [-0.39, 0.29) is 4.90 Å². The van der Waals surface area contributed by atoms with E-state index in [9.17, 15) is 13.2 Å². The van der Waals surface area contributed by atoms with Crippen LogP contribution in [0.25, 0.3) is 0 Å². The quantitative estimate of drug-likeness (QED) is 0.616. The van der Waals surface area contributed by atoms with Gasteiger partial charge < -0.3 is 10.5 Å². The number of benzene rings is 2. The van der Waals surface area contributed by atoms with E-state index in [0.29, 0.717) is 15.8 Å². The van der Waals surface area contributed by atoms with E-state index in [1.807, 2.05) is 0 Å². The average molecular weight is 399 g/mol. The zero-order chi connectivity index (χ0) is 17.0. The zero-order valence-electron chi connectivity index (χ0n) is 12.3. The van der Waals surface area contributed by atoms with Crippen molar-refractivity contribution < 1.29 is 17.9 Å². The fourth-order valence-corrected chi connectivity index (χ4v) is 3.68. The molecule has 0 radical (unpaired) electrons. The lowest BCUT2D eigenvalue weighted by Gasteiger charge is -2.23. The van der Waals surface area contributed by atoms with Crippen LogP contribution >= 0.6 is 15.9 Å². The summed E-state index contributed by atoms with van der Waals surface area (Å²) in [5.41, 5.74) is 6.39. The van der Waals surface area contributed by atoms with Gasteiger partial charge in [0.15, 0.2) is 0 Å². The standard InChI is InChI=1S/C15H15BrN2O4S/c1-22-15(19)10-18(13-4-2-3-11(16)9-13)23(20,21)14-7-5-12(17)6-8-14/h2-9H,10,17H2,1H3. The molecule has 0 amide bonds. The van der Waals surface area contributed by atoms with Crippen LogP contribution in [-0.2, 0) is 19.6 Å². The summed E-state index contributed by atoms with van der Waals surface area (Å²) in [7, 11) is -2.73. The van der Waals surface area contributed by atoms with Crippen LogP contribution in [0.15, 0.2) is 57.9 Å². The predicted octanol–water partition coefficient (Wildman–Crippen LogP) is 2.40. The van der Waals surface area contributed by atoms with Crippen molar-refractivity contribution in [1.29, 1.82) is 0 Å². The molecule has 0 aliphatic carbocycles.